The number of unbranched alkanes of at least 4 members (excludes halogenated alkanes) is 2. The molecule has 0 aliphatic heterocycles. The fourth-order valence-corrected chi connectivity index (χ4v) is 1.58. The maximum atomic E-state index is 10.5. The van der Waals surface area contributed by atoms with Crippen LogP contribution in [0.25, 0.3) is 0 Å². The molecule has 0 unspecified atom stereocenters. The second-order valence-electron chi connectivity index (χ2n) is 4.14. The average molecular weight is 220 g/mol. The first-order valence-electron chi connectivity index (χ1n) is 5.87. The van der Waals surface area contributed by atoms with Gasteiger partial charge in [-0.05, 0) is 38.2 Å². The summed E-state index contributed by atoms with van der Waals surface area (Å²) in [6, 6.07) is 8.66. The van der Waals surface area contributed by atoms with Gasteiger partial charge in [0, 0.05) is 6.92 Å². The fraction of sp³-hybridized carbons (Fsp3) is 0.500. The normalized spacial score (nSPS) is 10.1. The fourth-order valence-electron chi connectivity index (χ4n) is 1.58. The molecule has 0 aliphatic carbocycles. The molecule has 2 nitrogen and oxygen atoms in total. The predicted molar refractivity (Wildman–Crippen MR) is 65.4 cm³/mol. The molecule has 1 aromatic rings. The Labute approximate surface area is 97.6 Å². The Balaban J connectivity index is 2.07. The number of carbonyl (C=O) groups excluding carboxylic acids is 1. The van der Waals surface area contributed by atoms with Crippen molar-refractivity contribution >= 4 is 5.97 Å². The van der Waals surface area contributed by atoms with Crippen molar-refractivity contribution in [1.29, 1.82) is 0 Å². The van der Waals surface area contributed by atoms with E-state index < -0.39 is 0 Å². The van der Waals surface area contributed by atoms with Crippen LogP contribution in [0.4, 0.5) is 0 Å². The molecule has 16 heavy (non-hydrogen) atoms. The number of hydrogen-bond acceptors (Lipinski definition) is 2. The van der Waals surface area contributed by atoms with Crippen LogP contribution in [0.5, 0.6) is 0 Å². The van der Waals surface area contributed by atoms with E-state index >= 15 is 0 Å². The van der Waals surface area contributed by atoms with Gasteiger partial charge in [-0.15, -0.1) is 0 Å². The van der Waals surface area contributed by atoms with E-state index in [2.05, 4.69) is 31.2 Å². The van der Waals surface area contributed by atoms with Crippen LogP contribution in [0.3, 0.4) is 0 Å². The molecule has 0 atom stereocenters. The number of ether oxygens (including phenoxy) is 1. The Morgan fingerprint density at radius 1 is 1.12 bits per heavy atom. The summed E-state index contributed by atoms with van der Waals surface area (Å²) in [6.45, 7) is 4.11. The van der Waals surface area contributed by atoms with Crippen LogP contribution < -0.4 is 0 Å². The van der Waals surface area contributed by atoms with Gasteiger partial charge in [-0.1, -0.05) is 29.8 Å². The quantitative estimate of drug-likeness (QED) is 0.543. The zero-order valence-electron chi connectivity index (χ0n) is 10.2. The molecule has 1 aromatic carbocycles. The van der Waals surface area contributed by atoms with Crippen LogP contribution in [0.15, 0.2) is 24.3 Å². The van der Waals surface area contributed by atoms with Gasteiger partial charge in [-0.25, -0.2) is 0 Å². The average Bonchev–Trinajstić information content (AvgIpc) is 2.25. The summed E-state index contributed by atoms with van der Waals surface area (Å²) >= 11 is 0. The van der Waals surface area contributed by atoms with Crippen molar-refractivity contribution in [2.75, 3.05) is 6.61 Å². The summed E-state index contributed by atoms with van der Waals surface area (Å²) in [4.78, 5) is 10.5. The highest BCUT2D eigenvalue weighted by molar-refractivity contribution is 5.65. The second kappa shape index (κ2) is 7.04. The minimum absolute atomic E-state index is 0.182. The molecular formula is C14H20O2. The molecule has 0 radical (unpaired) electrons. The number of carbonyl (C=O) groups is 1. The van der Waals surface area contributed by atoms with E-state index in [0.29, 0.717) is 6.61 Å². The summed E-state index contributed by atoms with van der Waals surface area (Å²) in [5.74, 6) is -0.182. The molecule has 0 saturated carbocycles. The minimum atomic E-state index is -0.182. The molecule has 0 aromatic heterocycles. The molecule has 0 fully saturated rings. The molecule has 0 saturated heterocycles. The molecule has 0 aliphatic rings. The second-order valence-corrected chi connectivity index (χ2v) is 4.14. The number of hydrogen-bond donors (Lipinski definition) is 0. The van der Waals surface area contributed by atoms with E-state index in [1.165, 1.54) is 18.1 Å². The summed E-state index contributed by atoms with van der Waals surface area (Å²) in [7, 11) is 0. The first-order valence-corrected chi connectivity index (χ1v) is 5.87. The van der Waals surface area contributed by atoms with Crippen molar-refractivity contribution in [3.05, 3.63) is 35.4 Å². The van der Waals surface area contributed by atoms with Crippen molar-refractivity contribution in [3.63, 3.8) is 0 Å². The zero-order valence-corrected chi connectivity index (χ0v) is 10.2. The van der Waals surface area contributed by atoms with Gasteiger partial charge in [-0.2, -0.15) is 0 Å². The van der Waals surface area contributed by atoms with E-state index in [0.717, 1.165) is 25.7 Å². The van der Waals surface area contributed by atoms with Gasteiger partial charge < -0.3 is 4.74 Å². The zero-order chi connectivity index (χ0) is 11.8. The Morgan fingerprint density at radius 2 is 1.81 bits per heavy atom. The lowest BCUT2D eigenvalue weighted by atomic mass is 10.1. The van der Waals surface area contributed by atoms with E-state index in [1.54, 1.807) is 0 Å². The van der Waals surface area contributed by atoms with Gasteiger partial charge in [0.1, 0.15) is 0 Å². The largest absolute Gasteiger partial charge is 0.466 e. The molecule has 0 amide bonds. The molecular weight excluding hydrogens is 200 g/mol. The van der Waals surface area contributed by atoms with Crippen LogP contribution in [0.1, 0.15) is 37.3 Å². The summed E-state index contributed by atoms with van der Waals surface area (Å²) in [6.07, 6.45) is 4.34. The monoisotopic (exact) mass is 220 g/mol. The summed E-state index contributed by atoms with van der Waals surface area (Å²) in [5, 5.41) is 0. The van der Waals surface area contributed by atoms with E-state index in [9.17, 15) is 4.79 Å². The Kier molecular flexibility index (Phi) is 5.62. The lowest BCUT2D eigenvalue weighted by Crippen LogP contribution is -2.00. The Morgan fingerprint density at radius 3 is 2.44 bits per heavy atom. The first kappa shape index (κ1) is 12.8. The Bertz CT molecular complexity index is 314. The van der Waals surface area contributed by atoms with Gasteiger partial charge in [0.25, 0.3) is 0 Å². The Hall–Kier alpha value is -1.31. The molecule has 88 valence electrons. The first-order chi connectivity index (χ1) is 7.68. The van der Waals surface area contributed by atoms with Crippen LogP contribution in [0, 0.1) is 6.92 Å². The highest BCUT2D eigenvalue weighted by atomic mass is 16.5. The predicted octanol–water partition coefficient (Wildman–Crippen LogP) is 3.27. The molecule has 0 N–H and O–H groups in total. The third-order valence-corrected chi connectivity index (χ3v) is 2.54. The van der Waals surface area contributed by atoms with Crippen LogP contribution in [-0.2, 0) is 16.0 Å². The SMILES string of the molecule is CC(=O)OCCCCCc1ccc(C)cc1. The highest BCUT2D eigenvalue weighted by Gasteiger charge is 1.95. The van der Waals surface area contributed by atoms with Crippen molar-refractivity contribution in [2.24, 2.45) is 0 Å². The van der Waals surface area contributed by atoms with Crippen LogP contribution >= 0.6 is 0 Å². The van der Waals surface area contributed by atoms with Crippen LogP contribution in [-0.4, -0.2) is 12.6 Å². The number of esters is 1. The van der Waals surface area contributed by atoms with Gasteiger partial charge in [0.15, 0.2) is 0 Å². The van der Waals surface area contributed by atoms with Crippen molar-refractivity contribution in [1.82, 2.24) is 0 Å². The van der Waals surface area contributed by atoms with Crippen molar-refractivity contribution in [2.45, 2.75) is 39.5 Å². The van der Waals surface area contributed by atoms with Crippen molar-refractivity contribution in [3.8, 4) is 0 Å². The minimum Gasteiger partial charge on any atom is -0.466 e. The van der Waals surface area contributed by atoms with Gasteiger partial charge in [0.2, 0.25) is 0 Å². The van der Waals surface area contributed by atoms with Crippen molar-refractivity contribution < 1.29 is 9.53 Å². The topological polar surface area (TPSA) is 26.3 Å². The van der Waals surface area contributed by atoms with E-state index in [1.807, 2.05) is 0 Å². The van der Waals surface area contributed by atoms with Gasteiger partial charge in [-0.3, -0.25) is 4.79 Å². The van der Waals surface area contributed by atoms with Gasteiger partial charge in [0.05, 0.1) is 6.61 Å². The summed E-state index contributed by atoms with van der Waals surface area (Å²) < 4.78 is 4.87. The number of aryl methyl sites for hydroxylation is 2. The van der Waals surface area contributed by atoms with E-state index in [4.69, 9.17) is 4.74 Å². The van der Waals surface area contributed by atoms with E-state index in [-0.39, 0.29) is 5.97 Å². The van der Waals surface area contributed by atoms with Gasteiger partial charge >= 0.3 is 5.97 Å². The van der Waals surface area contributed by atoms with Crippen LogP contribution in [0.2, 0.25) is 0 Å². The maximum absolute atomic E-state index is 10.5. The lowest BCUT2D eigenvalue weighted by molar-refractivity contribution is -0.141. The summed E-state index contributed by atoms with van der Waals surface area (Å²) in [5.41, 5.74) is 2.69. The third kappa shape index (κ3) is 5.54. The number of rotatable bonds is 6. The highest BCUT2D eigenvalue weighted by Crippen LogP contribution is 2.08. The maximum Gasteiger partial charge on any atom is 0.302 e. The standard InChI is InChI=1S/C14H20O2/c1-12-7-9-14(10-8-12)6-4-3-5-11-16-13(2)15/h7-10H,3-6,11H2,1-2H3. The molecule has 2 heteroatoms. The molecule has 1 rings (SSSR count). The smallest absolute Gasteiger partial charge is 0.302 e. The molecule has 0 spiro atoms. The lowest BCUT2D eigenvalue weighted by Gasteiger charge is -2.03. The third-order valence-electron chi connectivity index (χ3n) is 2.54. The molecule has 0 heterocycles. The molecule has 0 bridgehead atoms. The number of benzene rings is 1.